The van der Waals surface area contributed by atoms with Crippen molar-refractivity contribution in [3.63, 3.8) is 0 Å². The van der Waals surface area contributed by atoms with Gasteiger partial charge in [0, 0.05) is 24.0 Å². The summed E-state index contributed by atoms with van der Waals surface area (Å²) in [6.07, 6.45) is 0.292. The number of halogens is 1. The summed E-state index contributed by atoms with van der Waals surface area (Å²) in [7, 11) is 0. The van der Waals surface area contributed by atoms with Gasteiger partial charge < -0.3 is 10.6 Å². The van der Waals surface area contributed by atoms with E-state index in [1.54, 1.807) is 0 Å². The molecular formula is C13H15BrN2O2. The molecule has 0 unspecified atom stereocenters. The molecule has 1 heterocycles. The zero-order chi connectivity index (χ0) is 13.1. The minimum Gasteiger partial charge on any atom is -0.355 e. The molecule has 0 aliphatic carbocycles. The van der Waals surface area contributed by atoms with Gasteiger partial charge in [0.1, 0.15) is 0 Å². The van der Waals surface area contributed by atoms with Gasteiger partial charge in [0.2, 0.25) is 11.8 Å². The smallest absolute Gasteiger partial charge is 0.225 e. The average molecular weight is 311 g/mol. The van der Waals surface area contributed by atoms with Crippen LogP contribution >= 0.6 is 15.9 Å². The van der Waals surface area contributed by atoms with Crippen LogP contribution in [0.15, 0.2) is 22.7 Å². The van der Waals surface area contributed by atoms with Gasteiger partial charge >= 0.3 is 0 Å². The lowest BCUT2D eigenvalue weighted by molar-refractivity contribution is -0.126. The van der Waals surface area contributed by atoms with Crippen molar-refractivity contribution < 1.29 is 9.59 Å². The van der Waals surface area contributed by atoms with Crippen LogP contribution in [0.4, 0.5) is 0 Å². The van der Waals surface area contributed by atoms with E-state index in [4.69, 9.17) is 0 Å². The van der Waals surface area contributed by atoms with Gasteiger partial charge in [-0.3, -0.25) is 9.59 Å². The van der Waals surface area contributed by atoms with Gasteiger partial charge in [0.15, 0.2) is 0 Å². The number of benzene rings is 1. The van der Waals surface area contributed by atoms with Crippen molar-refractivity contribution in [2.75, 3.05) is 6.54 Å². The van der Waals surface area contributed by atoms with Crippen LogP contribution in [0.5, 0.6) is 0 Å². The maximum atomic E-state index is 11.8. The molecule has 0 aromatic heterocycles. The quantitative estimate of drug-likeness (QED) is 0.889. The Morgan fingerprint density at radius 1 is 1.56 bits per heavy atom. The number of carbonyl (C=O) groups is 2. The Kier molecular flexibility index (Phi) is 4.01. The van der Waals surface area contributed by atoms with Gasteiger partial charge in [-0.15, -0.1) is 0 Å². The van der Waals surface area contributed by atoms with Crippen molar-refractivity contribution >= 4 is 27.7 Å². The number of rotatable bonds is 3. The fraction of sp³-hybridized carbons (Fsp3) is 0.385. The van der Waals surface area contributed by atoms with Gasteiger partial charge in [-0.25, -0.2) is 0 Å². The lowest BCUT2D eigenvalue weighted by Gasteiger charge is -2.11. The number of hydrogen-bond acceptors (Lipinski definition) is 2. The Morgan fingerprint density at radius 2 is 2.33 bits per heavy atom. The zero-order valence-corrected chi connectivity index (χ0v) is 11.7. The highest BCUT2D eigenvalue weighted by atomic mass is 79.9. The molecule has 0 saturated carbocycles. The van der Waals surface area contributed by atoms with Crippen LogP contribution in [0.1, 0.15) is 17.5 Å². The van der Waals surface area contributed by atoms with E-state index in [2.05, 4.69) is 26.6 Å². The van der Waals surface area contributed by atoms with Gasteiger partial charge in [0.05, 0.1) is 5.92 Å². The molecule has 2 N–H and O–H groups in total. The zero-order valence-electron chi connectivity index (χ0n) is 10.1. The first-order chi connectivity index (χ1) is 8.58. The van der Waals surface area contributed by atoms with E-state index < -0.39 is 0 Å². The van der Waals surface area contributed by atoms with E-state index in [-0.39, 0.29) is 17.7 Å². The summed E-state index contributed by atoms with van der Waals surface area (Å²) >= 11 is 3.51. The van der Waals surface area contributed by atoms with E-state index in [1.165, 1.54) is 0 Å². The number of carbonyl (C=O) groups excluding carboxylic acids is 2. The largest absolute Gasteiger partial charge is 0.355 e. The third kappa shape index (κ3) is 2.90. The number of nitrogens with one attached hydrogen (secondary N) is 2. The first-order valence-corrected chi connectivity index (χ1v) is 6.65. The molecule has 2 amide bonds. The van der Waals surface area contributed by atoms with Crippen LogP contribution in [0.3, 0.4) is 0 Å². The summed E-state index contributed by atoms with van der Waals surface area (Å²) in [5.74, 6) is -0.352. The molecule has 0 bridgehead atoms. The van der Waals surface area contributed by atoms with Crippen LogP contribution in [-0.4, -0.2) is 18.4 Å². The van der Waals surface area contributed by atoms with Crippen LogP contribution in [-0.2, 0) is 16.1 Å². The second kappa shape index (κ2) is 5.52. The third-order valence-corrected chi connectivity index (χ3v) is 4.21. The van der Waals surface area contributed by atoms with Gasteiger partial charge in [-0.2, -0.15) is 0 Å². The summed E-state index contributed by atoms with van der Waals surface area (Å²) in [5.41, 5.74) is 2.18. The second-order valence-corrected chi connectivity index (χ2v) is 5.26. The lowest BCUT2D eigenvalue weighted by atomic mass is 10.1. The number of hydrogen-bond donors (Lipinski definition) is 2. The van der Waals surface area contributed by atoms with Crippen molar-refractivity contribution in [2.24, 2.45) is 5.92 Å². The standard InChI is InChI=1S/C13H15BrN2O2/c1-8-3-2-4-9(12(8)14)6-16-13(18)10-5-11(17)15-7-10/h2-4,10H,5-7H2,1H3,(H,15,17)(H,16,18)/t10-/m0/s1. The van der Waals surface area contributed by atoms with Crippen molar-refractivity contribution in [1.82, 2.24) is 10.6 Å². The fourth-order valence-electron chi connectivity index (χ4n) is 1.96. The van der Waals surface area contributed by atoms with Gasteiger partial charge in [-0.1, -0.05) is 34.1 Å². The first-order valence-electron chi connectivity index (χ1n) is 5.86. The normalized spacial score (nSPS) is 18.6. The summed E-state index contributed by atoms with van der Waals surface area (Å²) in [6, 6.07) is 5.94. The molecule has 1 aromatic carbocycles. The molecule has 96 valence electrons. The molecular weight excluding hydrogens is 296 g/mol. The molecule has 1 atom stereocenters. The SMILES string of the molecule is Cc1cccc(CNC(=O)[C@@H]2CNC(=O)C2)c1Br. The average Bonchev–Trinajstić information content (AvgIpc) is 2.77. The predicted octanol–water partition coefficient (Wildman–Crippen LogP) is 1.51. The van der Waals surface area contributed by atoms with Crippen molar-refractivity contribution in [1.29, 1.82) is 0 Å². The van der Waals surface area contributed by atoms with E-state index in [1.807, 2.05) is 25.1 Å². The predicted molar refractivity (Wildman–Crippen MR) is 71.8 cm³/mol. The molecule has 1 saturated heterocycles. The molecule has 4 nitrogen and oxygen atoms in total. The molecule has 1 fully saturated rings. The van der Waals surface area contributed by atoms with E-state index in [0.717, 1.165) is 15.6 Å². The fourth-order valence-corrected chi connectivity index (χ4v) is 2.37. The third-order valence-electron chi connectivity index (χ3n) is 3.07. The van der Waals surface area contributed by atoms with Crippen LogP contribution in [0.25, 0.3) is 0 Å². The summed E-state index contributed by atoms with van der Waals surface area (Å²) in [6.45, 7) is 2.93. The van der Waals surface area contributed by atoms with Crippen LogP contribution in [0.2, 0.25) is 0 Å². The Bertz CT molecular complexity index is 488. The molecule has 5 heteroatoms. The molecule has 1 aliphatic heterocycles. The van der Waals surface area contributed by atoms with Crippen LogP contribution in [0, 0.1) is 12.8 Å². The summed E-state index contributed by atoms with van der Waals surface area (Å²) < 4.78 is 1.02. The Hall–Kier alpha value is -1.36. The first kappa shape index (κ1) is 13.1. The van der Waals surface area contributed by atoms with E-state index >= 15 is 0 Å². The highest BCUT2D eigenvalue weighted by Crippen LogP contribution is 2.21. The highest BCUT2D eigenvalue weighted by Gasteiger charge is 2.27. The number of amides is 2. The lowest BCUT2D eigenvalue weighted by Crippen LogP contribution is -2.31. The molecule has 1 aliphatic rings. The van der Waals surface area contributed by atoms with E-state index in [9.17, 15) is 9.59 Å². The molecule has 1 aromatic rings. The van der Waals surface area contributed by atoms with Crippen molar-refractivity contribution in [3.05, 3.63) is 33.8 Å². The van der Waals surface area contributed by atoms with Gasteiger partial charge in [0.25, 0.3) is 0 Å². The monoisotopic (exact) mass is 310 g/mol. The topological polar surface area (TPSA) is 58.2 Å². The Labute approximate surface area is 114 Å². The number of aryl methyl sites for hydroxylation is 1. The minimum absolute atomic E-state index is 0.0492. The van der Waals surface area contributed by atoms with Crippen molar-refractivity contribution in [3.8, 4) is 0 Å². The molecule has 0 spiro atoms. The Balaban J connectivity index is 1.93. The molecule has 0 radical (unpaired) electrons. The summed E-state index contributed by atoms with van der Waals surface area (Å²) in [4.78, 5) is 22.9. The maximum absolute atomic E-state index is 11.8. The van der Waals surface area contributed by atoms with Crippen LogP contribution < -0.4 is 10.6 Å². The second-order valence-electron chi connectivity index (χ2n) is 4.47. The van der Waals surface area contributed by atoms with Gasteiger partial charge in [-0.05, 0) is 18.1 Å². The molecule has 2 rings (SSSR count). The Morgan fingerprint density at radius 3 is 3.00 bits per heavy atom. The van der Waals surface area contributed by atoms with Crippen molar-refractivity contribution in [2.45, 2.75) is 19.9 Å². The van der Waals surface area contributed by atoms with E-state index in [0.29, 0.717) is 19.5 Å². The maximum Gasteiger partial charge on any atom is 0.225 e. The highest BCUT2D eigenvalue weighted by molar-refractivity contribution is 9.10. The molecule has 18 heavy (non-hydrogen) atoms. The minimum atomic E-state index is -0.235. The summed E-state index contributed by atoms with van der Waals surface area (Å²) in [5, 5.41) is 5.53.